The first-order chi connectivity index (χ1) is 17.4. The molecule has 0 aliphatic carbocycles. The van der Waals surface area contributed by atoms with Gasteiger partial charge in [0.2, 0.25) is 0 Å². The Hall–Kier alpha value is -3.37. The topological polar surface area (TPSA) is 97.0 Å². The highest BCUT2D eigenvalue weighted by Crippen LogP contribution is 2.38. The Morgan fingerprint density at radius 3 is 2.56 bits per heavy atom. The van der Waals surface area contributed by atoms with Gasteiger partial charge in [-0.25, -0.2) is 4.79 Å². The van der Waals surface area contributed by atoms with E-state index in [2.05, 4.69) is 26.6 Å². The van der Waals surface area contributed by atoms with Crippen LogP contribution in [0.15, 0.2) is 53.0 Å². The van der Waals surface area contributed by atoms with Gasteiger partial charge in [0.25, 0.3) is 11.8 Å². The number of benzene rings is 2. The van der Waals surface area contributed by atoms with Gasteiger partial charge >= 0.3 is 6.09 Å². The SMILES string of the molecule is CCOC(=O)N1CCc2c(sc(NC(=O)COc3ccccc3C)c2C(=O)Nc2ccc(Br)cc2)C1. The molecular weight excluding hydrogens is 546 g/mol. The molecule has 3 aromatic rings. The lowest BCUT2D eigenvalue weighted by Crippen LogP contribution is -2.36. The van der Waals surface area contributed by atoms with E-state index < -0.39 is 6.09 Å². The number of anilines is 2. The van der Waals surface area contributed by atoms with E-state index in [9.17, 15) is 14.4 Å². The largest absolute Gasteiger partial charge is 0.483 e. The molecule has 2 N–H and O–H groups in total. The molecule has 0 saturated heterocycles. The minimum atomic E-state index is -0.394. The highest BCUT2D eigenvalue weighted by molar-refractivity contribution is 9.10. The number of nitrogens with zero attached hydrogens (tertiary/aromatic N) is 1. The number of rotatable bonds is 7. The monoisotopic (exact) mass is 571 g/mol. The molecule has 1 aliphatic heterocycles. The van der Waals surface area contributed by atoms with Gasteiger partial charge in [-0.1, -0.05) is 34.1 Å². The Balaban J connectivity index is 1.56. The molecule has 2 aromatic carbocycles. The second-order valence-corrected chi connectivity index (χ2v) is 10.2. The van der Waals surface area contributed by atoms with Crippen LogP contribution in [0.1, 0.15) is 33.3 Å². The van der Waals surface area contributed by atoms with Gasteiger partial charge in [-0.15, -0.1) is 11.3 Å². The van der Waals surface area contributed by atoms with Crippen molar-refractivity contribution in [3.63, 3.8) is 0 Å². The Kier molecular flexibility index (Phi) is 8.27. The van der Waals surface area contributed by atoms with Gasteiger partial charge in [0.15, 0.2) is 6.61 Å². The highest BCUT2D eigenvalue weighted by Gasteiger charge is 2.31. The zero-order chi connectivity index (χ0) is 25.7. The number of halogens is 1. The summed E-state index contributed by atoms with van der Waals surface area (Å²) in [6, 6.07) is 14.7. The van der Waals surface area contributed by atoms with Crippen molar-refractivity contribution >= 4 is 55.9 Å². The van der Waals surface area contributed by atoms with Crippen molar-refractivity contribution in [2.45, 2.75) is 26.8 Å². The summed E-state index contributed by atoms with van der Waals surface area (Å²) >= 11 is 4.68. The molecule has 1 aliphatic rings. The van der Waals surface area contributed by atoms with Crippen LogP contribution in [0.2, 0.25) is 0 Å². The average molecular weight is 572 g/mol. The number of carbonyl (C=O) groups is 3. The number of amides is 3. The molecule has 1 aromatic heterocycles. The molecule has 2 heterocycles. The molecule has 0 fully saturated rings. The van der Waals surface area contributed by atoms with Crippen LogP contribution in [0.25, 0.3) is 0 Å². The third kappa shape index (κ3) is 6.06. The number of aryl methyl sites for hydroxylation is 1. The number of ether oxygens (including phenoxy) is 2. The molecule has 0 bridgehead atoms. The van der Waals surface area contributed by atoms with Crippen molar-refractivity contribution in [2.24, 2.45) is 0 Å². The molecule has 188 valence electrons. The Labute approximate surface area is 221 Å². The third-order valence-electron chi connectivity index (χ3n) is 5.62. The lowest BCUT2D eigenvalue weighted by atomic mass is 10.0. The summed E-state index contributed by atoms with van der Waals surface area (Å²) in [4.78, 5) is 40.9. The lowest BCUT2D eigenvalue weighted by Gasteiger charge is -2.26. The van der Waals surface area contributed by atoms with Crippen LogP contribution in [0.4, 0.5) is 15.5 Å². The smallest absolute Gasteiger partial charge is 0.410 e. The number of para-hydroxylation sites is 1. The van der Waals surface area contributed by atoms with Gasteiger partial charge in [-0.05, 0) is 61.7 Å². The second-order valence-electron chi connectivity index (χ2n) is 8.14. The summed E-state index contributed by atoms with van der Waals surface area (Å²) in [5.74, 6) is -0.0808. The van der Waals surface area contributed by atoms with Crippen LogP contribution in [0.5, 0.6) is 5.75 Å². The minimum absolute atomic E-state index is 0.198. The maximum absolute atomic E-state index is 13.4. The van der Waals surface area contributed by atoms with E-state index >= 15 is 0 Å². The molecule has 3 amide bonds. The number of hydrogen-bond acceptors (Lipinski definition) is 6. The standard InChI is InChI=1S/C26H26BrN3O5S/c1-3-34-26(33)30-13-12-19-21(14-30)36-25(23(19)24(32)28-18-10-8-17(27)9-11-18)29-22(31)15-35-20-7-5-4-6-16(20)2/h4-11H,3,12-15H2,1-2H3,(H,28,32)(H,29,31). The number of hydrogen-bond donors (Lipinski definition) is 2. The van der Waals surface area contributed by atoms with Crippen LogP contribution in [0, 0.1) is 6.92 Å². The number of carbonyl (C=O) groups excluding carboxylic acids is 3. The quantitative estimate of drug-likeness (QED) is 0.384. The Morgan fingerprint density at radius 1 is 1.08 bits per heavy atom. The molecule has 0 radical (unpaired) electrons. The zero-order valence-electron chi connectivity index (χ0n) is 19.9. The van der Waals surface area contributed by atoms with Gasteiger partial charge in [-0.2, -0.15) is 0 Å². The predicted octanol–water partition coefficient (Wildman–Crippen LogP) is 5.60. The van der Waals surface area contributed by atoms with Gasteiger partial charge in [0, 0.05) is 21.6 Å². The number of thiophene rings is 1. The first kappa shape index (κ1) is 25.7. The van der Waals surface area contributed by atoms with Crippen molar-refractivity contribution in [3.8, 4) is 5.75 Å². The van der Waals surface area contributed by atoms with E-state index in [1.807, 2.05) is 37.3 Å². The van der Waals surface area contributed by atoms with Crippen LogP contribution in [-0.2, 0) is 22.5 Å². The maximum atomic E-state index is 13.4. The van der Waals surface area contributed by atoms with E-state index in [0.717, 1.165) is 20.5 Å². The molecule has 0 spiro atoms. The van der Waals surface area contributed by atoms with Crippen LogP contribution in [-0.4, -0.2) is 42.6 Å². The molecule has 0 atom stereocenters. The summed E-state index contributed by atoms with van der Waals surface area (Å²) in [6.07, 6.45) is 0.0817. The fourth-order valence-corrected chi connectivity index (χ4v) is 5.39. The van der Waals surface area contributed by atoms with Gasteiger partial charge in [0.1, 0.15) is 10.8 Å². The lowest BCUT2D eigenvalue weighted by molar-refractivity contribution is -0.118. The predicted molar refractivity (Wildman–Crippen MR) is 143 cm³/mol. The van der Waals surface area contributed by atoms with Crippen molar-refractivity contribution in [1.82, 2.24) is 4.90 Å². The maximum Gasteiger partial charge on any atom is 0.410 e. The van der Waals surface area contributed by atoms with Crippen LogP contribution >= 0.6 is 27.3 Å². The fraction of sp³-hybridized carbons (Fsp3) is 0.269. The fourth-order valence-electron chi connectivity index (χ4n) is 3.85. The first-order valence-electron chi connectivity index (χ1n) is 11.5. The van der Waals surface area contributed by atoms with Crippen LogP contribution in [0.3, 0.4) is 0 Å². The number of fused-ring (bicyclic) bond motifs is 1. The van der Waals surface area contributed by atoms with Crippen LogP contribution < -0.4 is 15.4 Å². The van der Waals surface area contributed by atoms with E-state index in [4.69, 9.17) is 9.47 Å². The summed E-state index contributed by atoms with van der Waals surface area (Å²) in [5, 5.41) is 6.20. The van der Waals surface area contributed by atoms with Crippen molar-refractivity contribution in [1.29, 1.82) is 0 Å². The van der Waals surface area contributed by atoms with E-state index in [1.165, 1.54) is 11.3 Å². The van der Waals surface area contributed by atoms with Crippen molar-refractivity contribution < 1.29 is 23.9 Å². The van der Waals surface area contributed by atoms with Crippen molar-refractivity contribution in [2.75, 3.05) is 30.4 Å². The average Bonchev–Trinajstić information content (AvgIpc) is 3.22. The summed E-state index contributed by atoms with van der Waals surface area (Å²) in [6.45, 7) is 4.49. The zero-order valence-corrected chi connectivity index (χ0v) is 22.3. The molecule has 0 unspecified atom stereocenters. The molecule has 8 nitrogen and oxygen atoms in total. The minimum Gasteiger partial charge on any atom is -0.483 e. The molecule has 36 heavy (non-hydrogen) atoms. The highest BCUT2D eigenvalue weighted by atomic mass is 79.9. The normalized spacial score (nSPS) is 12.5. The summed E-state index contributed by atoms with van der Waals surface area (Å²) < 4.78 is 11.7. The van der Waals surface area contributed by atoms with Gasteiger partial charge < -0.3 is 25.0 Å². The molecule has 10 heteroatoms. The van der Waals surface area contributed by atoms with E-state index in [-0.39, 0.29) is 25.0 Å². The Bertz CT molecular complexity index is 1280. The van der Waals surface area contributed by atoms with Gasteiger partial charge in [-0.3, -0.25) is 9.59 Å². The van der Waals surface area contributed by atoms with Crippen molar-refractivity contribution in [3.05, 3.63) is 74.6 Å². The third-order valence-corrected chi connectivity index (χ3v) is 7.28. The Morgan fingerprint density at radius 2 is 1.83 bits per heavy atom. The molecule has 0 saturated carbocycles. The number of nitrogens with one attached hydrogen (secondary N) is 2. The summed E-state index contributed by atoms with van der Waals surface area (Å²) in [7, 11) is 0. The molecular formula is C26H26BrN3O5S. The van der Waals surface area contributed by atoms with E-state index in [0.29, 0.717) is 41.5 Å². The summed E-state index contributed by atoms with van der Waals surface area (Å²) in [5.41, 5.74) is 2.79. The first-order valence-corrected chi connectivity index (χ1v) is 13.1. The van der Waals surface area contributed by atoms with E-state index in [1.54, 1.807) is 30.0 Å². The van der Waals surface area contributed by atoms with Gasteiger partial charge in [0.05, 0.1) is 18.7 Å². The second kappa shape index (κ2) is 11.6. The molecule has 4 rings (SSSR count).